The summed E-state index contributed by atoms with van der Waals surface area (Å²) < 4.78 is 12.0. The molecule has 0 saturated carbocycles. The number of hydrogen-bond acceptors (Lipinski definition) is 6. The third-order valence-electron chi connectivity index (χ3n) is 6.78. The second-order valence-electron chi connectivity index (χ2n) is 9.28. The Hall–Kier alpha value is -4.47. The van der Waals surface area contributed by atoms with Gasteiger partial charge < -0.3 is 14.4 Å². The molecule has 0 radical (unpaired) electrons. The maximum absolute atomic E-state index is 10.1. The Morgan fingerprint density at radius 1 is 0.974 bits per heavy atom. The van der Waals surface area contributed by atoms with Gasteiger partial charge in [0.15, 0.2) is 16.9 Å². The van der Waals surface area contributed by atoms with Crippen molar-refractivity contribution < 1.29 is 9.47 Å². The van der Waals surface area contributed by atoms with Crippen LogP contribution in [-0.4, -0.2) is 20.2 Å². The summed E-state index contributed by atoms with van der Waals surface area (Å²) in [5, 5.41) is 29.1. The van der Waals surface area contributed by atoms with Gasteiger partial charge in [0.25, 0.3) is 0 Å². The van der Waals surface area contributed by atoms with Crippen LogP contribution in [0.4, 0.5) is 5.69 Å². The average molecular weight is 507 g/mol. The number of unbranched alkanes of at least 4 members (excludes halogenated alkanes) is 2. The van der Waals surface area contributed by atoms with Crippen LogP contribution in [0.15, 0.2) is 77.1 Å². The Morgan fingerprint density at radius 2 is 1.63 bits per heavy atom. The molecule has 0 N–H and O–H groups in total. The molecule has 0 bridgehead atoms. The van der Waals surface area contributed by atoms with E-state index in [0.29, 0.717) is 5.57 Å². The van der Waals surface area contributed by atoms with Crippen molar-refractivity contribution in [3.63, 3.8) is 0 Å². The first kappa shape index (κ1) is 28.1. The van der Waals surface area contributed by atoms with E-state index in [4.69, 9.17) is 9.47 Å². The standard InChI is InChI=1S/C32H34N4O2/c1-5-7-18-36(19-8-6-2)27-16-14-24(30(20-27)37-4)15-17-29-28(23-35)31(25(21-33)22-34)38-32(29,3)26-12-10-9-11-13-26/h9-17,20H,5-8,18-19H2,1-4H3/b17-15+. The third-order valence-corrected chi connectivity index (χ3v) is 6.78. The van der Waals surface area contributed by atoms with Crippen LogP contribution in [0.1, 0.15) is 57.6 Å². The van der Waals surface area contributed by atoms with Crippen molar-refractivity contribution in [2.45, 2.75) is 52.1 Å². The zero-order valence-corrected chi connectivity index (χ0v) is 22.6. The van der Waals surface area contributed by atoms with Crippen molar-refractivity contribution in [3.8, 4) is 24.0 Å². The highest BCUT2D eigenvalue weighted by Crippen LogP contribution is 2.47. The summed E-state index contributed by atoms with van der Waals surface area (Å²) in [5.74, 6) is 0.731. The van der Waals surface area contributed by atoms with Crippen LogP contribution < -0.4 is 9.64 Å². The minimum absolute atomic E-state index is 0.00769. The molecule has 194 valence electrons. The molecule has 0 aromatic heterocycles. The van der Waals surface area contributed by atoms with Crippen molar-refractivity contribution in [1.82, 2.24) is 0 Å². The zero-order chi connectivity index (χ0) is 27.5. The van der Waals surface area contributed by atoms with Crippen LogP contribution in [0.25, 0.3) is 6.08 Å². The smallest absolute Gasteiger partial charge is 0.172 e. The van der Waals surface area contributed by atoms with E-state index in [1.807, 2.05) is 67.6 Å². The molecule has 0 spiro atoms. The molecule has 1 aliphatic rings. The van der Waals surface area contributed by atoms with E-state index in [9.17, 15) is 15.8 Å². The van der Waals surface area contributed by atoms with Crippen LogP contribution in [0.2, 0.25) is 0 Å². The SMILES string of the molecule is CCCCN(CCCC)c1ccc(/C=C/C2=C(C#N)C(=C(C#N)C#N)OC2(C)c2ccccc2)c(OC)c1. The second kappa shape index (κ2) is 13.2. The summed E-state index contributed by atoms with van der Waals surface area (Å²) in [4.78, 5) is 2.40. The van der Waals surface area contributed by atoms with Crippen LogP contribution in [0, 0.1) is 34.0 Å². The number of anilines is 1. The summed E-state index contributed by atoms with van der Waals surface area (Å²) in [6, 6.07) is 21.6. The Balaban J connectivity index is 2.09. The van der Waals surface area contributed by atoms with Gasteiger partial charge in [-0.1, -0.05) is 69.2 Å². The van der Waals surface area contributed by atoms with Gasteiger partial charge in [-0.3, -0.25) is 0 Å². The third kappa shape index (κ3) is 5.91. The highest BCUT2D eigenvalue weighted by atomic mass is 16.5. The predicted molar refractivity (Wildman–Crippen MR) is 150 cm³/mol. The van der Waals surface area contributed by atoms with Gasteiger partial charge in [0.1, 0.15) is 29.5 Å². The van der Waals surface area contributed by atoms with Gasteiger partial charge in [-0.15, -0.1) is 0 Å². The monoisotopic (exact) mass is 506 g/mol. The number of methoxy groups -OCH3 is 1. The number of ether oxygens (including phenoxy) is 2. The van der Waals surface area contributed by atoms with Gasteiger partial charge >= 0.3 is 0 Å². The van der Waals surface area contributed by atoms with Crippen LogP contribution in [0.5, 0.6) is 5.75 Å². The minimum atomic E-state index is -1.05. The first-order valence-corrected chi connectivity index (χ1v) is 13.0. The van der Waals surface area contributed by atoms with Crippen molar-refractivity contribution in [3.05, 3.63) is 88.2 Å². The van der Waals surface area contributed by atoms with Crippen LogP contribution in [-0.2, 0) is 10.3 Å². The first-order chi connectivity index (χ1) is 18.5. The lowest BCUT2D eigenvalue weighted by Crippen LogP contribution is -2.25. The van der Waals surface area contributed by atoms with Crippen molar-refractivity contribution in [2.24, 2.45) is 0 Å². The molecule has 0 amide bonds. The number of rotatable bonds is 11. The molecule has 1 aliphatic heterocycles. The number of nitrogens with zero attached hydrogens (tertiary/aromatic N) is 4. The number of hydrogen-bond donors (Lipinski definition) is 0. The molecular formula is C32H34N4O2. The quantitative estimate of drug-likeness (QED) is 0.300. The lowest BCUT2D eigenvalue weighted by molar-refractivity contribution is 0.0755. The van der Waals surface area contributed by atoms with Crippen molar-refractivity contribution in [2.75, 3.05) is 25.1 Å². The van der Waals surface area contributed by atoms with Gasteiger partial charge in [0.2, 0.25) is 0 Å². The lowest BCUT2D eigenvalue weighted by atomic mass is 9.86. The molecule has 1 atom stereocenters. The Kier molecular flexibility index (Phi) is 9.75. The molecule has 0 fully saturated rings. The average Bonchev–Trinajstić information content (AvgIpc) is 3.25. The summed E-state index contributed by atoms with van der Waals surface area (Å²) in [5.41, 5.74) is 2.24. The van der Waals surface area contributed by atoms with Gasteiger partial charge in [0.05, 0.1) is 7.11 Å². The second-order valence-corrected chi connectivity index (χ2v) is 9.28. The molecule has 1 heterocycles. The molecule has 3 rings (SSSR count). The van der Waals surface area contributed by atoms with Gasteiger partial charge in [-0.05, 0) is 37.5 Å². The summed E-state index contributed by atoms with van der Waals surface area (Å²) in [7, 11) is 1.65. The molecule has 2 aromatic rings. The van der Waals surface area contributed by atoms with E-state index in [1.165, 1.54) is 0 Å². The topological polar surface area (TPSA) is 93.1 Å². The fourth-order valence-electron chi connectivity index (χ4n) is 4.57. The normalized spacial score (nSPS) is 16.5. The Labute approximate surface area is 226 Å². The van der Waals surface area contributed by atoms with E-state index in [2.05, 4.69) is 36.9 Å². The van der Waals surface area contributed by atoms with Gasteiger partial charge in [-0.25, -0.2) is 0 Å². The summed E-state index contributed by atoms with van der Waals surface area (Å²) in [6.07, 6.45) is 8.24. The number of nitriles is 3. The number of benzene rings is 2. The predicted octanol–water partition coefficient (Wildman–Crippen LogP) is 7.18. The molecule has 0 saturated heterocycles. The molecular weight excluding hydrogens is 472 g/mol. The van der Waals surface area contributed by atoms with E-state index in [1.54, 1.807) is 7.11 Å². The van der Waals surface area contributed by atoms with Crippen LogP contribution >= 0.6 is 0 Å². The minimum Gasteiger partial charge on any atom is -0.496 e. The van der Waals surface area contributed by atoms with Crippen LogP contribution in [0.3, 0.4) is 0 Å². The summed E-state index contributed by atoms with van der Waals surface area (Å²) >= 11 is 0. The maximum atomic E-state index is 10.1. The van der Waals surface area contributed by atoms with E-state index >= 15 is 0 Å². The van der Waals surface area contributed by atoms with E-state index in [0.717, 1.165) is 61.3 Å². The molecule has 6 nitrogen and oxygen atoms in total. The highest BCUT2D eigenvalue weighted by molar-refractivity contribution is 5.69. The fourth-order valence-corrected chi connectivity index (χ4v) is 4.57. The molecule has 2 aromatic carbocycles. The van der Waals surface area contributed by atoms with E-state index < -0.39 is 5.60 Å². The van der Waals surface area contributed by atoms with Gasteiger partial charge in [0, 0.05) is 36.0 Å². The largest absolute Gasteiger partial charge is 0.496 e. The highest BCUT2D eigenvalue weighted by Gasteiger charge is 2.43. The maximum Gasteiger partial charge on any atom is 0.172 e. The molecule has 0 aliphatic carbocycles. The lowest BCUT2D eigenvalue weighted by Gasteiger charge is -2.27. The zero-order valence-electron chi connectivity index (χ0n) is 22.6. The first-order valence-electron chi connectivity index (χ1n) is 13.0. The Bertz CT molecular complexity index is 1330. The Morgan fingerprint density at radius 3 is 2.18 bits per heavy atom. The van der Waals surface area contributed by atoms with Crippen molar-refractivity contribution in [1.29, 1.82) is 15.8 Å². The summed E-state index contributed by atoms with van der Waals surface area (Å²) in [6.45, 7) is 8.23. The van der Waals surface area contributed by atoms with Gasteiger partial charge in [-0.2, -0.15) is 15.8 Å². The van der Waals surface area contributed by atoms with Crippen molar-refractivity contribution >= 4 is 11.8 Å². The molecule has 1 unspecified atom stereocenters. The van der Waals surface area contributed by atoms with E-state index in [-0.39, 0.29) is 16.9 Å². The molecule has 38 heavy (non-hydrogen) atoms. The molecule has 6 heteroatoms. The fraction of sp³-hybridized carbons (Fsp3) is 0.344. The number of allylic oxidation sites excluding steroid dienone is 2.